The van der Waals surface area contributed by atoms with E-state index in [-0.39, 0.29) is 12.1 Å². The van der Waals surface area contributed by atoms with Gasteiger partial charge < -0.3 is 28.4 Å². The minimum Gasteiger partial charge on any atom is -0.494 e. The van der Waals surface area contributed by atoms with Gasteiger partial charge in [0.1, 0.15) is 11.5 Å². The lowest BCUT2D eigenvalue weighted by molar-refractivity contribution is -0.179. The number of thiol groups is 1. The number of fused-ring (bicyclic) bond motifs is 4. The van der Waals surface area contributed by atoms with Crippen LogP contribution in [-0.4, -0.2) is 80.8 Å². The summed E-state index contributed by atoms with van der Waals surface area (Å²) in [6.45, 7) is 8.09. The Morgan fingerprint density at radius 2 is 1.53 bits per heavy atom. The Morgan fingerprint density at radius 3 is 2.33 bits per heavy atom. The molecule has 0 radical (unpaired) electrons. The SMILES string of the molecule is C=CC(=O)OCCCCCCOc1ccc(-c2ccc(C3CCC(OCc4ccc5cc(OCCCOCC6CC7CC(C6)O7)ccc5c4)CC3)cc2/C=N/N(CCCCS)c2nc3ccccc3s2)cc1. The van der Waals surface area contributed by atoms with Gasteiger partial charge in [0.15, 0.2) is 0 Å². The smallest absolute Gasteiger partial charge is 0.330 e. The second kappa shape index (κ2) is 26.6. The Bertz CT molecular complexity index is 2650. The number of hydrogen-bond donors (Lipinski definition) is 1. The molecule has 10 rings (SSSR count). The number of hydrogen-bond acceptors (Lipinski definition) is 12. The van der Waals surface area contributed by atoms with Crippen LogP contribution in [0.4, 0.5) is 5.13 Å². The molecular weight excluding hydrogens is 939 g/mol. The van der Waals surface area contributed by atoms with E-state index >= 15 is 0 Å². The van der Waals surface area contributed by atoms with Crippen LogP contribution in [-0.2, 0) is 30.3 Å². The summed E-state index contributed by atoms with van der Waals surface area (Å²) in [4.78, 5) is 16.3. The Labute approximate surface area is 435 Å². The quantitative estimate of drug-likeness (QED) is 0.0129. The van der Waals surface area contributed by atoms with E-state index in [1.54, 1.807) is 11.3 Å². The molecule has 3 heterocycles. The lowest BCUT2D eigenvalue weighted by Crippen LogP contribution is -2.46. The van der Waals surface area contributed by atoms with Crippen molar-refractivity contribution >= 4 is 62.3 Å². The highest BCUT2D eigenvalue weighted by Gasteiger charge is 2.39. The summed E-state index contributed by atoms with van der Waals surface area (Å²) in [5.74, 6) is 3.30. The second-order valence-electron chi connectivity index (χ2n) is 19.6. The van der Waals surface area contributed by atoms with Crippen LogP contribution in [0.15, 0.2) is 121 Å². The third-order valence-corrected chi connectivity index (χ3v) is 15.6. The second-order valence-corrected chi connectivity index (χ2v) is 21.1. The van der Waals surface area contributed by atoms with E-state index in [1.807, 2.05) is 12.3 Å². The summed E-state index contributed by atoms with van der Waals surface area (Å²) in [6, 6.07) is 36.6. The molecule has 0 N–H and O–H groups in total. The normalized spacial score (nSPS) is 19.6. The van der Waals surface area contributed by atoms with E-state index in [9.17, 15) is 4.79 Å². The maximum Gasteiger partial charge on any atom is 0.330 e. The maximum atomic E-state index is 11.3. The fourth-order valence-electron chi connectivity index (χ4n) is 10.3. The standard InChI is InChI=1S/C60H71N3O7S2/c1-2-59(64)68-31-9-4-3-8-30-66-51-24-18-46(19-25-51)56-27-21-48(37-50(56)40-61-63(28-7-10-33-71)60-62-57-12-5-6-13-58(57)72-60)45-16-22-52(23-17-45)69-42-43-14-15-49-38-53(26-20-47(49)34-43)67-32-11-29-65-41-44-35-54-39-55(36-44)70-54/h2,5-6,12-15,18-21,24-27,34,37-38,40,44-45,52,54-55,71H,1,3-4,7-11,16-17,22-23,28-33,35-36,39,41-42H2/b61-40+. The van der Waals surface area contributed by atoms with E-state index < -0.39 is 0 Å². The number of nitrogens with zero attached hydrogens (tertiary/aromatic N) is 3. The van der Waals surface area contributed by atoms with Crippen LogP contribution in [0, 0.1) is 5.92 Å². The Hall–Kier alpha value is -5.24. The number of rotatable bonds is 28. The number of benzene rings is 5. The molecule has 0 spiro atoms. The molecule has 2 bridgehead atoms. The highest BCUT2D eigenvalue weighted by atomic mass is 32.1. The number of unbranched alkanes of at least 4 members (excludes halogenated alkanes) is 4. The summed E-state index contributed by atoms with van der Waals surface area (Å²) in [7, 11) is 0. The molecule has 2 saturated carbocycles. The third-order valence-electron chi connectivity index (χ3n) is 14.2. The first kappa shape index (κ1) is 51.7. The molecule has 4 fully saturated rings. The summed E-state index contributed by atoms with van der Waals surface area (Å²) >= 11 is 6.17. The molecule has 2 atom stereocenters. The fraction of sp³-hybridized carbons (Fsp3) is 0.450. The number of carbonyl (C=O) groups excluding carboxylic acids is 1. The Morgan fingerprint density at radius 1 is 0.778 bits per heavy atom. The summed E-state index contributed by atoms with van der Waals surface area (Å²) in [5.41, 5.74) is 6.84. The molecular formula is C60H71N3O7S2. The number of para-hydroxylation sites is 1. The van der Waals surface area contributed by atoms with E-state index in [0.29, 0.717) is 50.5 Å². The van der Waals surface area contributed by atoms with Gasteiger partial charge in [0, 0.05) is 37.8 Å². The molecule has 2 unspecified atom stereocenters. The van der Waals surface area contributed by atoms with Crippen molar-refractivity contribution in [2.45, 2.75) is 121 Å². The lowest BCUT2D eigenvalue weighted by atomic mass is 9.81. The van der Waals surface area contributed by atoms with Crippen LogP contribution in [0.1, 0.15) is 112 Å². The summed E-state index contributed by atoms with van der Waals surface area (Å²) in [6.07, 6.45) is 18.8. The molecule has 12 heteroatoms. The molecule has 380 valence electrons. The van der Waals surface area contributed by atoms with Gasteiger partial charge in [-0.05, 0) is 183 Å². The monoisotopic (exact) mass is 1010 g/mol. The van der Waals surface area contributed by atoms with Gasteiger partial charge in [0.25, 0.3) is 0 Å². The first-order valence-electron chi connectivity index (χ1n) is 26.4. The van der Waals surface area contributed by atoms with E-state index in [4.69, 9.17) is 38.5 Å². The van der Waals surface area contributed by atoms with E-state index in [1.165, 1.54) is 34.4 Å². The average Bonchev–Trinajstić information content (AvgIpc) is 3.85. The minimum absolute atomic E-state index is 0.230. The largest absolute Gasteiger partial charge is 0.494 e. The highest BCUT2D eigenvalue weighted by Crippen LogP contribution is 2.39. The average molecular weight is 1010 g/mol. The number of ether oxygens (including phenoxy) is 6. The van der Waals surface area contributed by atoms with Crippen LogP contribution in [0.2, 0.25) is 0 Å². The molecule has 72 heavy (non-hydrogen) atoms. The Kier molecular flexibility index (Phi) is 19.1. The predicted molar refractivity (Wildman–Crippen MR) is 295 cm³/mol. The van der Waals surface area contributed by atoms with Crippen molar-refractivity contribution in [1.29, 1.82) is 0 Å². The third kappa shape index (κ3) is 14.7. The van der Waals surface area contributed by atoms with Gasteiger partial charge >= 0.3 is 5.97 Å². The topological polar surface area (TPSA) is 101 Å². The van der Waals surface area contributed by atoms with Crippen LogP contribution < -0.4 is 14.5 Å². The van der Waals surface area contributed by atoms with Crippen molar-refractivity contribution < 1.29 is 33.2 Å². The van der Waals surface area contributed by atoms with Crippen molar-refractivity contribution in [2.24, 2.45) is 11.0 Å². The van der Waals surface area contributed by atoms with Crippen molar-refractivity contribution in [3.05, 3.63) is 132 Å². The van der Waals surface area contributed by atoms with Gasteiger partial charge in [0.05, 0.1) is 61.2 Å². The highest BCUT2D eigenvalue weighted by molar-refractivity contribution is 7.80. The number of anilines is 1. The molecule has 2 saturated heterocycles. The first-order chi connectivity index (χ1) is 35.5. The van der Waals surface area contributed by atoms with Gasteiger partial charge in [-0.3, -0.25) is 0 Å². The lowest BCUT2D eigenvalue weighted by Gasteiger charge is -2.45. The minimum atomic E-state index is -0.368. The van der Waals surface area contributed by atoms with Gasteiger partial charge in [-0.2, -0.15) is 17.7 Å². The summed E-state index contributed by atoms with van der Waals surface area (Å²) in [5, 5.41) is 10.5. The first-order valence-corrected chi connectivity index (χ1v) is 27.9. The number of aromatic nitrogens is 1. The van der Waals surface area contributed by atoms with Crippen molar-refractivity contribution in [1.82, 2.24) is 4.98 Å². The zero-order chi connectivity index (χ0) is 49.3. The predicted octanol–water partition coefficient (Wildman–Crippen LogP) is 13.9. The van der Waals surface area contributed by atoms with Gasteiger partial charge in [-0.25, -0.2) is 14.8 Å². The molecule has 6 aromatic rings. The zero-order valence-electron chi connectivity index (χ0n) is 41.7. The van der Waals surface area contributed by atoms with Crippen molar-refractivity contribution in [2.75, 3.05) is 50.3 Å². The molecule has 5 aromatic carbocycles. The van der Waals surface area contributed by atoms with Gasteiger partial charge in [-0.15, -0.1) is 0 Å². The summed E-state index contributed by atoms with van der Waals surface area (Å²) < 4.78 is 36.8. The zero-order valence-corrected chi connectivity index (χ0v) is 43.4. The molecule has 1 aromatic heterocycles. The van der Waals surface area contributed by atoms with Crippen molar-refractivity contribution in [3.8, 4) is 22.6 Å². The molecule has 0 amide bonds. The molecule has 4 aliphatic rings. The fourth-order valence-corrected chi connectivity index (χ4v) is 11.4. The number of hydrazone groups is 1. The molecule has 2 aliphatic carbocycles. The number of esters is 1. The van der Waals surface area contributed by atoms with Gasteiger partial charge in [0.2, 0.25) is 5.13 Å². The molecule has 2 aliphatic heterocycles. The van der Waals surface area contributed by atoms with Gasteiger partial charge in [-0.1, -0.05) is 72.5 Å². The van der Waals surface area contributed by atoms with Crippen LogP contribution in [0.3, 0.4) is 0 Å². The molecule has 10 nitrogen and oxygen atoms in total. The number of carbonyl (C=O) groups is 1. The maximum absolute atomic E-state index is 11.3. The van der Waals surface area contributed by atoms with E-state index in [2.05, 4.69) is 121 Å². The van der Waals surface area contributed by atoms with E-state index in [0.717, 1.165) is 153 Å². The van der Waals surface area contributed by atoms with Crippen molar-refractivity contribution in [3.63, 3.8) is 0 Å². The van der Waals surface area contributed by atoms with Crippen LogP contribution >= 0.6 is 24.0 Å². The number of thiazole rings is 1. The van der Waals surface area contributed by atoms with Crippen LogP contribution in [0.5, 0.6) is 11.5 Å². The Balaban J connectivity index is 0.792. The van der Waals surface area contributed by atoms with Crippen LogP contribution in [0.25, 0.3) is 32.1 Å².